The van der Waals surface area contributed by atoms with Gasteiger partial charge in [-0.15, -0.1) is 0 Å². The van der Waals surface area contributed by atoms with Crippen LogP contribution < -0.4 is 20.8 Å². The number of fused-ring (bicyclic) bond motifs is 1. The van der Waals surface area contributed by atoms with Gasteiger partial charge in [0.1, 0.15) is 11.3 Å². The van der Waals surface area contributed by atoms with Crippen LogP contribution in [-0.4, -0.2) is 24.0 Å². The molecule has 2 aromatic carbocycles. The number of aliphatic carboxylic acids is 1. The Kier molecular flexibility index (Phi) is 6.74. The number of amides is 1. The number of carboxylic acids is 1. The van der Waals surface area contributed by atoms with Crippen molar-refractivity contribution in [3.05, 3.63) is 65.0 Å². The van der Waals surface area contributed by atoms with Crippen LogP contribution in [0.2, 0.25) is 0 Å². The van der Waals surface area contributed by atoms with Crippen LogP contribution in [0.4, 0.5) is 0 Å². The second-order valence-electron chi connectivity index (χ2n) is 7.45. The summed E-state index contributed by atoms with van der Waals surface area (Å²) in [6.45, 7) is 5.07. The summed E-state index contributed by atoms with van der Waals surface area (Å²) in [6, 6.07) is 14.7. The Morgan fingerprint density at radius 1 is 1.10 bits per heavy atom. The number of carbonyl (C=O) groups is 2. The molecule has 3 aromatic rings. The zero-order valence-corrected chi connectivity index (χ0v) is 17.6. The van der Waals surface area contributed by atoms with Crippen LogP contribution in [0.15, 0.2) is 63.8 Å². The number of rotatable bonds is 8. The number of nitrogens with one attached hydrogen (secondary N) is 1. The van der Waals surface area contributed by atoms with E-state index >= 15 is 0 Å². The molecule has 7 nitrogen and oxygen atoms in total. The zero-order chi connectivity index (χ0) is 22.5. The number of hydrogen-bond acceptors (Lipinski definition) is 6. The summed E-state index contributed by atoms with van der Waals surface area (Å²) in [4.78, 5) is 35.8. The predicted octanol–water partition coefficient (Wildman–Crippen LogP) is 2.51. The van der Waals surface area contributed by atoms with Gasteiger partial charge in [0.25, 0.3) is 5.91 Å². The molecule has 3 atom stereocenters. The topological polar surface area (TPSA) is 109 Å². The molecule has 0 aliphatic carbocycles. The van der Waals surface area contributed by atoms with Crippen LogP contribution in [0.3, 0.4) is 0 Å². The van der Waals surface area contributed by atoms with Crippen LogP contribution in [0, 0.1) is 5.92 Å². The van der Waals surface area contributed by atoms with Crippen molar-refractivity contribution in [3.8, 4) is 16.9 Å². The molecule has 0 saturated heterocycles. The summed E-state index contributed by atoms with van der Waals surface area (Å²) in [7, 11) is 0. The van der Waals surface area contributed by atoms with Crippen molar-refractivity contribution in [3.63, 3.8) is 0 Å². The van der Waals surface area contributed by atoms with Gasteiger partial charge >= 0.3 is 5.63 Å². The summed E-state index contributed by atoms with van der Waals surface area (Å²) in [6.07, 6.45) is -0.394. The normalized spacial score (nSPS) is 13.9. The third kappa shape index (κ3) is 5.12. The molecule has 0 aliphatic heterocycles. The summed E-state index contributed by atoms with van der Waals surface area (Å²) >= 11 is 0. The highest BCUT2D eigenvalue weighted by Gasteiger charge is 2.23. The second-order valence-corrected chi connectivity index (χ2v) is 7.45. The molecule has 1 amide bonds. The Morgan fingerprint density at radius 2 is 1.81 bits per heavy atom. The molecule has 0 bridgehead atoms. The van der Waals surface area contributed by atoms with Crippen molar-refractivity contribution >= 4 is 22.8 Å². The average molecular weight is 422 g/mol. The van der Waals surface area contributed by atoms with Crippen LogP contribution in [-0.2, 0) is 9.59 Å². The lowest BCUT2D eigenvalue weighted by Crippen LogP contribution is -2.54. The standard InChI is InChI=1S/C24H25NO6/c1-4-14(2)22(24(28)29)25-23(27)15(3)30-17-10-11-18-19(16-8-6-5-7-9-16)13-21(26)31-20(18)12-17/h5-15,22H,4H2,1-3H3,(H,25,27)(H,28,29)/p-1/t14-,15+,22+/m0/s1. The van der Waals surface area contributed by atoms with Crippen LogP contribution in [0.1, 0.15) is 27.2 Å². The number of hydrogen-bond donors (Lipinski definition) is 1. The fraction of sp³-hybridized carbons (Fsp3) is 0.292. The van der Waals surface area contributed by atoms with Crippen molar-refractivity contribution in [1.82, 2.24) is 5.32 Å². The predicted molar refractivity (Wildman–Crippen MR) is 114 cm³/mol. The largest absolute Gasteiger partial charge is 0.548 e. The molecular weight excluding hydrogens is 398 g/mol. The van der Waals surface area contributed by atoms with Gasteiger partial charge in [-0.1, -0.05) is 50.6 Å². The Hall–Kier alpha value is -3.61. The maximum absolute atomic E-state index is 12.4. The van der Waals surface area contributed by atoms with E-state index in [4.69, 9.17) is 9.15 Å². The third-order valence-electron chi connectivity index (χ3n) is 5.25. The Labute approximate surface area is 179 Å². The highest BCUT2D eigenvalue weighted by atomic mass is 16.5. The lowest BCUT2D eigenvalue weighted by atomic mass is 9.99. The number of carbonyl (C=O) groups excluding carboxylic acids is 2. The fourth-order valence-electron chi connectivity index (χ4n) is 3.27. The molecule has 0 aliphatic rings. The van der Waals surface area contributed by atoms with E-state index in [1.807, 2.05) is 37.3 Å². The zero-order valence-electron chi connectivity index (χ0n) is 17.6. The van der Waals surface area contributed by atoms with Crippen molar-refractivity contribution in [2.24, 2.45) is 5.92 Å². The lowest BCUT2D eigenvalue weighted by molar-refractivity contribution is -0.309. The Morgan fingerprint density at radius 3 is 2.45 bits per heavy atom. The first kappa shape index (κ1) is 22.1. The van der Waals surface area contributed by atoms with Gasteiger partial charge in [-0.2, -0.15) is 0 Å². The first-order valence-corrected chi connectivity index (χ1v) is 10.1. The van der Waals surface area contributed by atoms with E-state index in [2.05, 4.69) is 5.32 Å². The quantitative estimate of drug-likeness (QED) is 0.559. The molecule has 31 heavy (non-hydrogen) atoms. The van der Waals surface area contributed by atoms with Gasteiger partial charge in [0, 0.05) is 17.5 Å². The molecule has 0 fully saturated rings. The van der Waals surface area contributed by atoms with Crippen LogP contribution in [0.5, 0.6) is 5.75 Å². The van der Waals surface area contributed by atoms with Gasteiger partial charge in [-0.25, -0.2) is 4.79 Å². The Balaban J connectivity index is 1.83. The molecule has 0 saturated carbocycles. The fourth-order valence-corrected chi connectivity index (χ4v) is 3.27. The first-order chi connectivity index (χ1) is 14.8. The highest BCUT2D eigenvalue weighted by molar-refractivity contribution is 5.94. The van der Waals surface area contributed by atoms with E-state index in [0.29, 0.717) is 17.8 Å². The van der Waals surface area contributed by atoms with Gasteiger partial charge in [0.15, 0.2) is 6.10 Å². The molecule has 1 heterocycles. The van der Waals surface area contributed by atoms with Crippen molar-refractivity contribution in [1.29, 1.82) is 0 Å². The maximum atomic E-state index is 12.4. The summed E-state index contributed by atoms with van der Waals surface area (Å²) < 4.78 is 11.0. The van der Waals surface area contributed by atoms with Crippen molar-refractivity contribution < 1.29 is 23.8 Å². The van der Waals surface area contributed by atoms with E-state index in [-0.39, 0.29) is 5.92 Å². The second kappa shape index (κ2) is 9.47. The number of carboxylic acid groups (broad SMARTS) is 1. The molecule has 7 heteroatoms. The van der Waals surface area contributed by atoms with Gasteiger partial charge in [0.2, 0.25) is 0 Å². The van der Waals surface area contributed by atoms with E-state index < -0.39 is 29.6 Å². The van der Waals surface area contributed by atoms with Gasteiger partial charge < -0.3 is 24.4 Å². The van der Waals surface area contributed by atoms with Gasteiger partial charge in [0.05, 0.1) is 12.0 Å². The van der Waals surface area contributed by atoms with Crippen molar-refractivity contribution in [2.45, 2.75) is 39.3 Å². The molecule has 0 radical (unpaired) electrons. The van der Waals surface area contributed by atoms with Gasteiger partial charge in [-0.05, 0) is 36.1 Å². The van der Waals surface area contributed by atoms with Crippen LogP contribution in [0.25, 0.3) is 22.1 Å². The molecule has 1 N–H and O–H groups in total. The average Bonchev–Trinajstić information content (AvgIpc) is 2.76. The molecule has 1 aromatic heterocycles. The minimum atomic E-state index is -1.34. The lowest BCUT2D eigenvalue weighted by Gasteiger charge is -2.26. The first-order valence-electron chi connectivity index (χ1n) is 10.1. The summed E-state index contributed by atoms with van der Waals surface area (Å²) in [5.41, 5.74) is 1.43. The van der Waals surface area contributed by atoms with E-state index in [1.54, 1.807) is 19.1 Å². The monoisotopic (exact) mass is 422 g/mol. The molecular formula is C24H24NO6-. The molecule has 0 unspecified atom stereocenters. The summed E-state index contributed by atoms with van der Waals surface area (Å²) in [5, 5.41) is 14.5. The maximum Gasteiger partial charge on any atom is 0.336 e. The third-order valence-corrected chi connectivity index (χ3v) is 5.25. The highest BCUT2D eigenvalue weighted by Crippen LogP contribution is 2.29. The summed E-state index contributed by atoms with van der Waals surface area (Å²) in [5.74, 6) is -1.88. The van der Waals surface area contributed by atoms with E-state index in [1.165, 1.54) is 19.1 Å². The molecule has 3 rings (SSSR count). The van der Waals surface area contributed by atoms with Crippen molar-refractivity contribution in [2.75, 3.05) is 0 Å². The SMILES string of the molecule is CC[C@H](C)[C@@H](NC(=O)[C@@H](C)Oc1ccc2c(-c3ccccc3)cc(=O)oc2c1)C(=O)[O-]. The van der Waals surface area contributed by atoms with Crippen LogP contribution >= 0.6 is 0 Å². The number of benzene rings is 2. The minimum Gasteiger partial charge on any atom is -0.548 e. The smallest absolute Gasteiger partial charge is 0.336 e. The Bertz CT molecular complexity index is 1140. The van der Waals surface area contributed by atoms with E-state index in [9.17, 15) is 19.5 Å². The molecule has 162 valence electrons. The van der Waals surface area contributed by atoms with E-state index in [0.717, 1.165) is 16.5 Å². The minimum absolute atomic E-state index is 0.285. The molecule has 0 spiro atoms. The number of ether oxygens (including phenoxy) is 1. The van der Waals surface area contributed by atoms with Gasteiger partial charge in [-0.3, -0.25) is 4.79 Å².